The molecule has 0 heterocycles. The summed E-state index contributed by atoms with van der Waals surface area (Å²) in [6.45, 7) is 1.67. The first-order chi connectivity index (χ1) is 13.1. The van der Waals surface area contributed by atoms with Gasteiger partial charge in [-0.2, -0.15) is 0 Å². The minimum atomic E-state index is -1.81. The molecule has 138 valence electrons. The van der Waals surface area contributed by atoms with Gasteiger partial charge in [-0.25, -0.2) is 8.60 Å². The molecule has 1 N–H and O–H groups in total. The second-order valence-electron chi connectivity index (χ2n) is 5.71. The summed E-state index contributed by atoms with van der Waals surface area (Å²) in [5.74, 6) is -0.766. The van der Waals surface area contributed by atoms with Crippen molar-refractivity contribution in [2.45, 2.75) is 18.2 Å². The van der Waals surface area contributed by atoms with Gasteiger partial charge in [0.2, 0.25) is 0 Å². The fraction of sp³-hybridized carbons (Fsp3) is 0.0952. The van der Waals surface area contributed by atoms with E-state index < -0.39 is 22.8 Å². The molecule has 0 radical (unpaired) electrons. The fourth-order valence-corrected chi connectivity index (χ4v) is 3.41. The zero-order chi connectivity index (χ0) is 19.2. The molecule has 4 nitrogen and oxygen atoms in total. The van der Waals surface area contributed by atoms with Gasteiger partial charge < -0.3 is 4.74 Å². The van der Waals surface area contributed by atoms with Crippen LogP contribution in [0.25, 0.3) is 11.1 Å². The zero-order valence-electron chi connectivity index (χ0n) is 14.6. The van der Waals surface area contributed by atoms with E-state index in [1.54, 1.807) is 43.3 Å². The molecule has 0 aliphatic heterocycles. The number of para-hydroxylation sites is 1. The van der Waals surface area contributed by atoms with Crippen molar-refractivity contribution in [1.82, 2.24) is 0 Å². The number of rotatable bonds is 6. The summed E-state index contributed by atoms with van der Waals surface area (Å²) in [6, 6.07) is 20.6. The zero-order valence-corrected chi connectivity index (χ0v) is 15.5. The van der Waals surface area contributed by atoms with Gasteiger partial charge in [0, 0.05) is 6.42 Å². The Labute approximate surface area is 159 Å². The van der Waals surface area contributed by atoms with Crippen LogP contribution in [-0.4, -0.2) is 10.2 Å². The Hall–Kier alpha value is -2.99. The number of nitrogens with one attached hydrogen (secondary N) is 1. The monoisotopic (exact) mass is 383 g/mol. The summed E-state index contributed by atoms with van der Waals surface area (Å²) >= 11 is 0. The van der Waals surface area contributed by atoms with Crippen molar-refractivity contribution >= 4 is 22.6 Å². The average molecular weight is 383 g/mol. The number of hydrogen-bond donors (Lipinski definition) is 1. The van der Waals surface area contributed by atoms with Gasteiger partial charge in [0.15, 0.2) is 11.0 Å². The second-order valence-corrected chi connectivity index (χ2v) is 6.89. The number of halogens is 1. The smallest absolute Gasteiger partial charge is 0.310 e. The van der Waals surface area contributed by atoms with E-state index in [1.165, 1.54) is 6.07 Å². The first kappa shape index (κ1) is 18.8. The average Bonchev–Trinajstić information content (AvgIpc) is 2.70. The van der Waals surface area contributed by atoms with Gasteiger partial charge in [0.05, 0.1) is 5.69 Å². The van der Waals surface area contributed by atoms with Crippen molar-refractivity contribution in [2.24, 2.45) is 0 Å². The molecule has 3 aromatic rings. The third-order valence-electron chi connectivity index (χ3n) is 3.84. The quantitative estimate of drug-likeness (QED) is 0.484. The van der Waals surface area contributed by atoms with Crippen LogP contribution in [0.2, 0.25) is 0 Å². The maximum atomic E-state index is 14.2. The van der Waals surface area contributed by atoms with Gasteiger partial charge >= 0.3 is 5.97 Å². The lowest BCUT2D eigenvalue weighted by Gasteiger charge is -2.12. The molecule has 27 heavy (non-hydrogen) atoms. The maximum Gasteiger partial charge on any atom is 0.310 e. The Kier molecular flexibility index (Phi) is 5.98. The molecule has 3 rings (SSSR count). The van der Waals surface area contributed by atoms with Crippen LogP contribution in [0.15, 0.2) is 77.7 Å². The molecular formula is C21H18FNO3S. The number of esters is 1. The van der Waals surface area contributed by atoms with E-state index in [1.807, 2.05) is 30.3 Å². The minimum absolute atomic E-state index is 0.103. The summed E-state index contributed by atoms with van der Waals surface area (Å²) < 4.78 is 34.9. The highest BCUT2D eigenvalue weighted by Gasteiger charge is 2.15. The number of anilines is 1. The molecule has 0 saturated carbocycles. The lowest BCUT2D eigenvalue weighted by Crippen LogP contribution is -2.11. The van der Waals surface area contributed by atoms with E-state index in [0.717, 1.165) is 11.1 Å². The van der Waals surface area contributed by atoms with Crippen LogP contribution < -0.4 is 9.46 Å². The Balaban J connectivity index is 1.88. The van der Waals surface area contributed by atoms with Crippen molar-refractivity contribution in [3.63, 3.8) is 0 Å². The van der Waals surface area contributed by atoms with Crippen LogP contribution in [0, 0.1) is 5.82 Å². The van der Waals surface area contributed by atoms with E-state index in [-0.39, 0.29) is 22.8 Å². The second kappa shape index (κ2) is 8.60. The molecule has 0 spiro atoms. The van der Waals surface area contributed by atoms with Crippen LogP contribution >= 0.6 is 0 Å². The first-order valence-electron chi connectivity index (χ1n) is 8.41. The lowest BCUT2D eigenvalue weighted by atomic mass is 10.1. The van der Waals surface area contributed by atoms with Crippen LogP contribution in [0.5, 0.6) is 5.75 Å². The fourth-order valence-electron chi connectivity index (χ4n) is 2.45. The van der Waals surface area contributed by atoms with Gasteiger partial charge in [-0.05, 0) is 35.4 Å². The summed E-state index contributed by atoms with van der Waals surface area (Å²) in [5.41, 5.74) is 1.82. The Morgan fingerprint density at radius 3 is 2.44 bits per heavy atom. The van der Waals surface area contributed by atoms with Gasteiger partial charge in [-0.1, -0.05) is 55.5 Å². The van der Waals surface area contributed by atoms with E-state index in [4.69, 9.17) is 4.74 Å². The number of benzene rings is 3. The standard InChI is InChI=1S/C21H18FNO3S/c1-2-21(24)26-19-10-6-7-11-20(19)27(25)23-18-14-16(12-13-17(18)22)15-8-4-3-5-9-15/h3-14,23H,2H2,1H3. The predicted molar refractivity (Wildman–Crippen MR) is 104 cm³/mol. The predicted octanol–water partition coefficient (Wildman–Crippen LogP) is 4.94. The molecular weight excluding hydrogens is 365 g/mol. The third kappa shape index (κ3) is 4.60. The largest absolute Gasteiger partial charge is 0.425 e. The molecule has 0 aromatic heterocycles. The summed E-state index contributed by atoms with van der Waals surface area (Å²) in [6.07, 6.45) is 0.197. The first-order valence-corrected chi connectivity index (χ1v) is 9.56. The summed E-state index contributed by atoms with van der Waals surface area (Å²) in [4.78, 5) is 11.8. The minimum Gasteiger partial charge on any atom is -0.425 e. The summed E-state index contributed by atoms with van der Waals surface area (Å²) in [7, 11) is -1.81. The van der Waals surface area contributed by atoms with Crippen molar-refractivity contribution in [3.05, 3.63) is 78.6 Å². The molecule has 0 amide bonds. The van der Waals surface area contributed by atoms with Crippen LogP contribution in [0.3, 0.4) is 0 Å². The van der Waals surface area contributed by atoms with Crippen molar-refractivity contribution in [3.8, 4) is 16.9 Å². The maximum absolute atomic E-state index is 14.2. The highest BCUT2D eigenvalue weighted by molar-refractivity contribution is 7.86. The number of carbonyl (C=O) groups is 1. The van der Waals surface area contributed by atoms with E-state index in [9.17, 15) is 13.4 Å². The molecule has 1 unspecified atom stereocenters. The van der Waals surface area contributed by atoms with Gasteiger partial charge in [0.25, 0.3) is 0 Å². The highest BCUT2D eigenvalue weighted by atomic mass is 32.2. The Morgan fingerprint density at radius 2 is 1.70 bits per heavy atom. The molecule has 1 atom stereocenters. The van der Waals surface area contributed by atoms with E-state index in [0.29, 0.717) is 0 Å². The van der Waals surface area contributed by atoms with E-state index in [2.05, 4.69) is 4.72 Å². The number of hydrogen-bond acceptors (Lipinski definition) is 3. The molecule has 0 aliphatic carbocycles. The normalized spacial score (nSPS) is 11.6. The van der Waals surface area contributed by atoms with Crippen LogP contribution in [-0.2, 0) is 15.8 Å². The summed E-state index contributed by atoms with van der Waals surface area (Å²) in [5, 5.41) is 0. The Bertz CT molecular complexity index is 976. The van der Waals surface area contributed by atoms with Crippen molar-refractivity contribution < 1.29 is 18.1 Å². The van der Waals surface area contributed by atoms with Crippen LogP contribution in [0.4, 0.5) is 10.1 Å². The molecule has 0 aliphatic rings. The lowest BCUT2D eigenvalue weighted by molar-refractivity contribution is -0.134. The molecule has 0 fully saturated rings. The van der Waals surface area contributed by atoms with Gasteiger partial charge in [0.1, 0.15) is 16.5 Å². The molecule has 6 heteroatoms. The van der Waals surface area contributed by atoms with Gasteiger partial charge in [-0.3, -0.25) is 9.52 Å². The van der Waals surface area contributed by atoms with E-state index >= 15 is 0 Å². The highest BCUT2D eigenvalue weighted by Crippen LogP contribution is 2.28. The van der Waals surface area contributed by atoms with Crippen molar-refractivity contribution in [1.29, 1.82) is 0 Å². The molecule has 3 aromatic carbocycles. The number of ether oxygens (including phenoxy) is 1. The molecule has 0 saturated heterocycles. The molecule has 0 bridgehead atoms. The van der Waals surface area contributed by atoms with Crippen molar-refractivity contribution in [2.75, 3.05) is 4.72 Å². The SMILES string of the molecule is CCC(=O)Oc1ccccc1S(=O)Nc1cc(-c2ccccc2)ccc1F. The van der Waals surface area contributed by atoms with Crippen LogP contribution in [0.1, 0.15) is 13.3 Å². The Morgan fingerprint density at radius 1 is 1.00 bits per heavy atom. The third-order valence-corrected chi connectivity index (χ3v) is 4.98. The topological polar surface area (TPSA) is 55.4 Å². The van der Waals surface area contributed by atoms with Gasteiger partial charge in [-0.15, -0.1) is 0 Å². The number of carbonyl (C=O) groups excluding carboxylic acids is 1.